The lowest BCUT2D eigenvalue weighted by atomic mass is 9.93. The zero-order valence-electron chi connectivity index (χ0n) is 20.0. The molecule has 4 aromatic rings. The van der Waals surface area contributed by atoms with Crippen LogP contribution in [0.3, 0.4) is 0 Å². The van der Waals surface area contributed by atoms with Gasteiger partial charge in [0.2, 0.25) is 5.88 Å². The molecule has 1 aliphatic carbocycles. The fraction of sp³-hybridized carbons (Fsp3) is 0.458. The quantitative estimate of drug-likeness (QED) is 0.469. The lowest BCUT2D eigenvalue weighted by Crippen LogP contribution is -2.28. The van der Waals surface area contributed by atoms with Gasteiger partial charge in [0.1, 0.15) is 17.6 Å². The van der Waals surface area contributed by atoms with Crippen molar-refractivity contribution >= 4 is 16.7 Å². The fourth-order valence-corrected chi connectivity index (χ4v) is 4.63. The number of nitrogens with one attached hydrogen (secondary N) is 1. The molecule has 4 aromatic heterocycles. The summed E-state index contributed by atoms with van der Waals surface area (Å²) in [7, 11) is 3.55. The number of pyridine rings is 1. The Balaban J connectivity index is 1.40. The Hall–Kier alpha value is -3.69. The monoisotopic (exact) mass is 462 g/mol. The van der Waals surface area contributed by atoms with E-state index in [0.29, 0.717) is 5.88 Å². The smallest absolute Gasteiger partial charge is 0.266 e. The standard InChI is InChI=1S/C24H30N8O2/c1-5-25-21-11-20-19(13-26-21)23(16-12-27-30(3)14-16)28-32(20)17-6-8-18(9-7-17)34-24-15(2)10-22(33)31(4)29-24/h10-14,17-18H,5-9H2,1-4H3,(H,25,26). The van der Waals surface area contributed by atoms with E-state index in [9.17, 15) is 4.79 Å². The SMILES string of the molecule is CCNc1cc2c(cn1)c(-c1cnn(C)c1)nn2C1CCC(Oc2nn(C)c(=O)cc2C)CC1. The zero-order valence-corrected chi connectivity index (χ0v) is 20.0. The van der Waals surface area contributed by atoms with Crippen LogP contribution in [0.5, 0.6) is 5.88 Å². The Morgan fingerprint density at radius 3 is 2.62 bits per heavy atom. The number of aryl methyl sites for hydroxylation is 3. The molecule has 10 heteroatoms. The molecule has 0 aromatic carbocycles. The summed E-state index contributed by atoms with van der Waals surface area (Å²) in [6.45, 7) is 4.73. The first-order valence-corrected chi connectivity index (χ1v) is 11.8. The van der Waals surface area contributed by atoms with Gasteiger partial charge in [-0.2, -0.15) is 10.2 Å². The van der Waals surface area contributed by atoms with Crippen molar-refractivity contribution in [1.82, 2.24) is 34.3 Å². The summed E-state index contributed by atoms with van der Waals surface area (Å²) < 4.78 is 11.5. The van der Waals surface area contributed by atoms with Crippen LogP contribution in [0.4, 0.5) is 5.82 Å². The molecule has 1 N–H and O–H groups in total. The van der Waals surface area contributed by atoms with Gasteiger partial charge in [-0.25, -0.2) is 9.67 Å². The second-order valence-corrected chi connectivity index (χ2v) is 8.96. The van der Waals surface area contributed by atoms with E-state index in [2.05, 4.69) is 38.2 Å². The summed E-state index contributed by atoms with van der Waals surface area (Å²) in [4.78, 5) is 16.4. The van der Waals surface area contributed by atoms with Gasteiger partial charge in [0.25, 0.3) is 5.56 Å². The molecule has 4 heterocycles. The van der Waals surface area contributed by atoms with Crippen molar-refractivity contribution in [3.8, 4) is 17.1 Å². The van der Waals surface area contributed by atoms with Gasteiger partial charge < -0.3 is 10.1 Å². The predicted octanol–water partition coefficient (Wildman–Crippen LogP) is 3.23. The van der Waals surface area contributed by atoms with Gasteiger partial charge in [-0.1, -0.05) is 0 Å². The Kier molecular flexibility index (Phi) is 5.80. The average molecular weight is 463 g/mol. The predicted molar refractivity (Wildman–Crippen MR) is 130 cm³/mol. The van der Waals surface area contributed by atoms with Gasteiger partial charge in [0.15, 0.2) is 0 Å². The molecule has 1 saturated carbocycles. The van der Waals surface area contributed by atoms with Crippen molar-refractivity contribution in [2.75, 3.05) is 11.9 Å². The second-order valence-electron chi connectivity index (χ2n) is 8.96. The summed E-state index contributed by atoms with van der Waals surface area (Å²) in [5, 5.41) is 18.0. The first-order chi connectivity index (χ1) is 16.4. The van der Waals surface area contributed by atoms with E-state index in [0.717, 1.165) is 65.8 Å². The first-order valence-electron chi connectivity index (χ1n) is 11.8. The van der Waals surface area contributed by atoms with Gasteiger partial charge in [0.05, 0.1) is 17.8 Å². The van der Waals surface area contributed by atoms with E-state index in [1.54, 1.807) is 17.8 Å². The Bertz CT molecular complexity index is 1380. The highest BCUT2D eigenvalue weighted by atomic mass is 16.5. The molecule has 0 aliphatic heterocycles. The van der Waals surface area contributed by atoms with Crippen molar-refractivity contribution < 1.29 is 4.74 Å². The Morgan fingerprint density at radius 2 is 1.91 bits per heavy atom. The van der Waals surface area contributed by atoms with Crippen LogP contribution in [-0.4, -0.2) is 47.0 Å². The number of anilines is 1. The van der Waals surface area contributed by atoms with Gasteiger partial charge in [-0.05, 0) is 39.5 Å². The number of rotatable bonds is 6. The van der Waals surface area contributed by atoms with Crippen LogP contribution in [0.1, 0.15) is 44.2 Å². The van der Waals surface area contributed by atoms with Gasteiger partial charge >= 0.3 is 0 Å². The first kappa shape index (κ1) is 22.1. The largest absolute Gasteiger partial charge is 0.473 e. The molecule has 0 radical (unpaired) electrons. The summed E-state index contributed by atoms with van der Waals surface area (Å²) in [5.41, 5.74) is 3.60. The van der Waals surface area contributed by atoms with Crippen molar-refractivity contribution in [1.29, 1.82) is 0 Å². The van der Waals surface area contributed by atoms with Crippen molar-refractivity contribution in [2.45, 2.75) is 51.7 Å². The third-order valence-corrected chi connectivity index (χ3v) is 6.43. The Labute approximate surface area is 197 Å². The fourth-order valence-electron chi connectivity index (χ4n) is 4.63. The maximum Gasteiger partial charge on any atom is 0.266 e. The molecular weight excluding hydrogens is 432 g/mol. The molecule has 178 valence electrons. The minimum absolute atomic E-state index is 0.0681. The molecule has 0 saturated heterocycles. The summed E-state index contributed by atoms with van der Waals surface area (Å²) >= 11 is 0. The molecule has 0 bridgehead atoms. The molecule has 34 heavy (non-hydrogen) atoms. The molecule has 0 unspecified atom stereocenters. The van der Waals surface area contributed by atoms with Crippen LogP contribution in [0.15, 0.2) is 35.5 Å². The van der Waals surface area contributed by atoms with E-state index in [1.807, 2.05) is 32.6 Å². The van der Waals surface area contributed by atoms with Crippen LogP contribution < -0.4 is 15.6 Å². The number of aromatic nitrogens is 7. The average Bonchev–Trinajstić information content (AvgIpc) is 3.41. The van der Waals surface area contributed by atoms with Crippen molar-refractivity contribution in [2.24, 2.45) is 14.1 Å². The maximum atomic E-state index is 11.8. The molecule has 1 aliphatic rings. The number of hydrogen-bond acceptors (Lipinski definition) is 7. The molecule has 10 nitrogen and oxygen atoms in total. The lowest BCUT2D eigenvalue weighted by Gasteiger charge is -2.29. The van der Waals surface area contributed by atoms with Crippen LogP contribution in [-0.2, 0) is 14.1 Å². The van der Waals surface area contributed by atoms with Gasteiger partial charge in [-0.15, -0.1) is 5.10 Å². The highest BCUT2D eigenvalue weighted by Gasteiger charge is 2.27. The highest BCUT2D eigenvalue weighted by Crippen LogP contribution is 2.36. The van der Waals surface area contributed by atoms with Crippen molar-refractivity contribution in [3.05, 3.63) is 46.6 Å². The molecule has 0 amide bonds. The lowest BCUT2D eigenvalue weighted by molar-refractivity contribution is 0.122. The molecule has 1 fully saturated rings. The minimum atomic E-state index is -0.130. The minimum Gasteiger partial charge on any atom is -0.473 e. The van der Waals surface area contributed by atoms with Gasteiger partial charge in [-0.3, -0.25) is 14.2 Å². The third-order valence-electron chi connectivity index (χ3n) is 6.43. The zero-order chi connectivity index (χ0) is 23.8. The Morgan fingerprint density at radius 1 is 1.12 bits per heavy atom. The molecular formula is C24H30N8O2. The van der Waals surface area contributed by atoms with E-state index in [-0.39, 0.29) is 17.7 Å². The summed E-state index contributed by atoms with van der Waals surface area (Å²) in [5.74, 6) is 1.39. The van der Waals surface area contributed by atoms with E-state index in [4.69, 9.17) is 9.84 Å². The van der Waals surface area contributed by atoms with Crippen LogP contribution >= 0.6 is 0 Å². The molecule has 0 spiro atoms. The number of fused-ring (bicyclic) bond motifs is 1. The van der Waals surface area contributed by atoms with Crippen molar-refractivity contribution in [3.63, 3.8) is 0 Å². The number of nitrogens with zero attached hydrogens (tertiary/aromatic N) is 7. The van der Waals surface area contributed by atoms with E-state index < -0.39 is 0 Å². The molecule has 5 rings (SSSR count). The second kappa shape index (κ2) is 8.92. The third kappa shape index (κ3) is 4.15. The highest BCUT2D eigenvalue weighted by molar-refractivity contribution is 5.93. The number of ether oxygens (including phenoxy) is 1. The van der Waals surface area contributed by atoms with Crippen LogP contribution in [0.2, 0.25) is 0 Å². The number of hydrogen-bond donors (Lipinski definition) is 1. The van der Waals surface area contributed by atoms with Gasteiger partial charge in [0, 0.05) is 61.7 Å². The van der Waals surface area contributed by atoms with Crippen LogP contribution in [0.25, 0.3) is 22.2 Å². The summed E-state index contributed by atoms with van der Waals surface area (Å²) in [6, 6.07) is 3.92. The summed E-state index contributed by atoms with van der Waals surface area (Å²) in [6.07, 6.45) is 9.47. The van der Waals surface area contributed by atoms with E-state index >= 15 is 0 Å². The topological polar surface area (TPSA) is 105 Å². The molecule has 0 atom stereocenters. The van der Waals surface area contributed by atoms with E-state index in [1.165, 1.54) is 4.68 Å². The van der Waals surface area contributed by atoms with Crippen LogP contribution in [0, 0.1) is 6.92 Å². The normalized spacial score (nSPS) is 18.4. The maximum absolute atomic E-state index is 11.8.